The number of nitrogens with one attached hydrogen (secondary N) is 2. The van der Waals surface area contributed by atoms with Gasteiger partial charge in [-0.25, -0.2) is 4.79 Å². The van der Waals surface area contributed by atoms with Crippen LogP contribution in [0.2, 0.25) is 0 Å². The van der Waals surface area contributed by atoms with Gasteiger partial charge in [0.25, 0.3) is 5.92 Å². The van der Waals surface area contributed by atoms with Crippen molar-refractivity contribution in [1.29, 1.82) is 0 Å². The molecule has 0 bridgehead atoms. The van der Waals surface area contributed by atoms with Crippen molar-refractivity contribution in [3.63, 3.8) is 0 Å². The summed E-state index contributed by atoms with van der Waals surface area (Å²) in [6, 6.07) is 21.8. The fourth-order valence-electron chi connectivity index (χ4n) is 3.29. The maximum atomic E-state index is 15.3. The number of amides is 1. The molecule has 0 radical (unpaired) electrons. The lowest BCUT2D eigenvalue weighted by molar-refractivity contribution is -0.0825. The molecule has 0 spiro atoms. The zero-order chi connectivity index (χ0) is 23.7. The van der Waals surface area contributed by atoms with Crippen LogP contribution in [-0.2, 0) is 23.8 Å². The van der Waals surface area contributed by atoms with Crippen LogP contribution < -0.4 is 10.6 Å². The van der Waals surface area contributed by atoms with Crippen molar-refractivity contribution in [1.82, 2.24) is 10.6 Å². The summed E-state index contributed by atoms with van der Waals surface area (Å²) < 4.78 is 36.8. The quantitative estimate of drug-likeness (QED) is 0.308. The molecule has 174 valence electrons. The average Bonchev–Trinajstić information content (AvgIpc) is 2.82. The summed E-state index contributed by atoms with van der Waals surface area (Å²) in [4.78, 5) is 12.3. The molecule has 33 heavy (non-hydrogen) atoms. The van der Waals surface area contributed by atoms with E-state index in [-0.39, 0.29) is 18.7 Å². The Morgan fingerprint density at radius 2 is 1.61 bits per heavy atom. The highest BCUT2D eigenvalue weighted by molar-refractivity contribution is 14.1. The number of aliphatic hydroxyl groups is 1. The van der Waals surface area contributed by atoms with E-state index in [1.807, 2.05) is 30.3 Å². The van der Waals surface area contributed by atoms with Crippen molar-refractivity contribution in [2.75, 3.05) is 6.54 Å². The van der Waals surface area contributed by atoms with Crippen molar-refractivity contribution < 1.29 is 23.4 Å². The Hall–Kier alpha value is -2.56. The molecule has 0 saturated heterocycles. The Morgan fingerprint density at radius 3 is 2.27 bits per heavy atom. The van der Waals surface area contributed by atoms with E-state index in [1.165, 1.54) is 24.3 Å². The van der Waals surface area contributed by atoms with Crippen molar-refractivity contribution in [3.8, 4) is 0 Å². The normalized spacial score (nSPS) is 13.2. The summed E-state index contributed by atoms with van der Waals surface area (Å²) in [6.45, 7) is 0.158. The second kappa shape index (κ2) is 12.1. The van der Waals surface area contributed by atoms with Crippen LogP contribution in [0.1, 0.15) is 16.7 Å². The smallest absolute Gasteiger partial charge is 0.407 e. The maximum absolute atomic E-state index is 15.3. The van der Waals surface area contributed by atoms with Crippen LogP contribution in [0.25, 0.3) is 0 Å². The molecule has 0 aliphatic rings. The molecule has 3 rings (SSSR count). The van der Waals surface area contributed by atoms with Gasteiger partial charge in [-0.05, 0) is 45.9 Å². The van der Waals surface area contributed by atoms with Gasteiger partial charge in [0.05, 0.1) is 6.10 Å². The minimum absolute atomic E-state index is 0.0721. The lowest BCUT2D eigenvalue weighted by atomic mass is 9.96. The van der Waals surface area contributed by atoms with Gasteiger partial charge >= 0.3 is 6.09 Å². The fourth-order valence-corrected chi connectivity index (χ4v) is 3.90. The van der Waals surface area contributed by atoms with Crippen LogP contribution in [0, 0.1) is 3.57 Å². The lowest BCUT2D eigenvalue weighted by Gasteiger charge is -2.31. The third-order valence-corrected chi connectivity index (χ3v) is 5.66. The highest BCUT2D eigenvalue weighted by Crippen LogP contribution is 2.33. The van der Waals surface area contributed by atoms with E-state index in [0.29, 0.717) is 6.54 Å². The van der Waals surface area contributed by atoms with Crippen LogP contribution in [0.5, 0.6) is 0 Å². The van der Waals surface area contributed by atoms with Gasteiger partial charge in [-0.1, -0.05) is 72.8 Å². The molecule has 0 aliphatic carbocycles. The van der Waals surface area contributed by atoms with Crippen molar-refractivity contribution in [2.24, 2.45) is 0 Å². The molecule has 5 nitrogen and oxygen atoms in total. The maximum Gasteiger partial charge on any atom is 0.407 e. The molecule has 0 aliphatic heterocycles. The Balaban J connectivity index is 1.68. The van der Waals surface area contributed by atoms with Crippen LogP contribution >= 0.6 is 22.6 Å². The molecule has 8 heteroatoms. The molecule has 0 fully saturated rings. The van der Waals surface area contributed by atoms with Crippen LogP contribution in [0.3, 0.4) is 0 Å². The van der Waals surface area contributed by atoms with E-state index in [2.05, 4.69) is 33.2 Å². The predicted molar refractivity (Wildman–Crippen MR) is 131 cm³/mol. The summed E-state index contributed by atoms with van der Waals surface area (Å²) in [6.07, 6.45) is -2.61. The van der Waals surface area contributed by atoms with E-state index >= 15 is 8.78 Å². The number of benzene rings is 3. The van der Waals surface area contributed by atoms with Crippen molar-refractivity contribution >= 4 is 28.7 Å². The number of hydrogen-bond acceptors (Lipinski definition) is 4. The molecule has 0 heterocycles. The van der Waals surface area contributed by atoms with Crippen LogP contribution in [-0.4, -0.2) is 29.9 Å². The minimum atomic E-state index is -3.53. The number of aliphatic hydroxyl groups excluding tert-OH is 1. The molecular weight excluding hydrogens is 541 g/mol. The minimum Gasteiger partial charge on any atom is -0.445 e. The molecule has 3 aromatic rings. The summed E-state index contributed by atoms with van der Waals surface area (Å²) in [5, 5.41) is 15.8. The number of ether oxygens (including phenoxy) is 1. The first-order chi connectivity index (χ1) is 15.9. The summed E-state index contributed by atoms with van der Waals surface area (Å²) in [5.41, 5.74) is 1.37. The third kappa shape index (κ3) is 7.48. The van der Waals surface area contributed by atoms with Gasteiger partial charge < -0.3 is 20.5 Å². The van der Waals surface area contributed by atoms with Crippen molar-refractivity contribution in [2.45, 2.75) is 31.2 Å². The molecule has 0 saturated carbocycles. The molecule has 3 aromatic carbocycles. The number of alkyl halides is 2. The monoisotopic (exact) mass is 566 g/mol. The Kier molecular flexibility index (Phi) is 9.16. The Labute approximate surface area is 205 Å². The number of rotatable bonds is 10. The number of carbonyl (C=O) groups is 1. The SMILES string of the molecule is O=C(N[C@H]([C@@H](O)CNCc1cccc(I)c1)C(F)(F)c1ccccc1)OCc1ccccc1. The second-order valence-electron chi connectivity index (χ2n) is 7.50. The van der Waals surface area contributed by atoms with Crippen LogP contribution in [0.15, 0.2) is 84.9 Å². The van der Waals surface area contributed by atoms with Gasteiger partial charge in [0.15, 0.2) is 0 Å². The Bertz CT molecular complexity index is 1020. The van der Waals surface area contributed by atoms with E-state index in [1.54, 1.807) is 30.3 Å². The first-order valence-electron chi connectivity index (χ1n) is 10.4. The van der Waals surface area contributed by atoms with Gasteiger partial charge in [-0.15, -0.1) is 0 Å². The molecule has 1 amide bonds. The number of carbonyl (C=O) groups excluding carboxylic acids is 1. The van der Waals surface area contributed by atoms with Gasteiger partial charge in [0.2, 0.25) is 0 Å². The summed E-state index contributed by atoms with van der Waals surface area (Å²) in [5.74, 6) is -3.53. The summed E-state index contributed by atoms with van der Waals surface area (Å²) >= 11 is 2.19. The molecule has 3 N–H and O–H groups in total. The first-order valence-corrected chi connectivity index (χ1v) is 11.5. The standard InChI is InChI=1S/C25H25F2IN2O3/c26-25(27,20-11-5-2-6-12-20)23(30-24(32)33-17-18-8-3-1-4-9-18)22(31)16-29-15-19-10-7-13-21(28)14-19/h1-14,22-23,29,31H,15-17H2,(H,30,32)/t22-,23+/m0/s1. The lowest BCUT2D eigenvalue weighted by Crippen LogP contribution is -2.55. The number of alkyl carbamates (subject to hydrolysis) is 1. The highest BCUT2D eigenvalue weighted by atomic mass is 127. The largest absolute Gasteiger partial charge is 0.445 e. The Morgan fingerprint density at radius 1 is 0.970 bits per heavy atom. The predicted octanol–water partition coefficient (Wildman–Crippen LogP) is 4.83. The molecule has 2 atom stereocenters. The zero-order valence-corrected chi connectivity index (χ0v) is 19.9. The zero-order valence-electron chi connectivity index (χ0n) is 17.8. The van der Waals surface area contributed by atoms with Crippen LogP contribution in [0.4, 0.5) is 13.6 Å². The van der Waals surface area contributed by atoms with Crippen molar-refractivity contribution in [3.05, 3.63) is 105 Å². The van der Waals surface area contributed by atoms with Gasteiger partial charge in [-0.2, -0.15) is 8.78 Å². The fraction of sp³-hybridized carbons (Fsp3) is 0.240. The first kappa shape index (κ1) is 25.1. The van der Waals surface area contributed by atoms with E-state index in [9.17, 15) is 9.90 Å². The van der Waals surface area contributed by atoms with Gasteiger partial charge in [-0.3, -0.25) is 0 Å². The second-order valence-corrected chi connectivity index (χ2v) is 8.75. The highest BCUT2D eigenvalue weighted by Gasteiger charge is 2.46. The van der Waals surface area contributed by atoms with E-state index in [0.717, 1.165) is 14.7 Å². The molecule has 0 unspecified atom stereocenters. The molecular formula is C25H25F2IN2O3. The average molecular weight is 566 g/mol. The summed E-state index contributed by atoms with van der Waals surface area (Å²) in [7, 11) is 0. The van der Waals surface area contributed by atoms with E-state index in [4.69, 9.17) is 4.74 Å². The number of hydrogen-bond donors (Lipinski definition) is 3. The molecule has 0 aromatic heterocycles. The topological polar surface area (TPSA) is 70.6 Å². The third-order valence-electron chi connectivity index (χ3n) is 4.99. The van der Waals surface area contributed by atoms with Gasteiger partial charge in [0.1, 0.15) is 12.6 Å². The van der Waals surface area contributed by atoms with E-state index < -0.39 is 24.2 Å². The number of halogens is 3. The van der Waals surface area contributed by atoms with Gasteiger partial charge in [0, 0.05) is 22.2 Å².